The molecule has 0 aliphatic carbocycles. The van der Waals surface area contributed by atoms with Crippen LogP contribution >= 0.6 is 11.6 Å². The zero-order chi connectivity index (χ0) is 13.2. The van der Waals surface area contributed by atoms with E-state index < -0.39 is 12.8 Å². The normalized spacial score (nSPS) is 18.4. The summed E-state index contributed by atoms with van der Waals surface area (Å²) in [5.74, 6) is 0. The molecule has 1 fully saturated rings. The molecule has 0 aromatic heterocycles. The van der Waals surface area contributed by atoms with Gasteiger partial charge in [0.05, 0.1) is 6.61 Å². The number of rotatable bonds is 4. The Kier molecular flexibility index (Phi) is 3.84. The third kappa shape index (κ3) is 3.16. The van der Waals surface area contributed by atoms with Crippen molar-refractivity contribution in [1.82, 2.24) is 5.32 Å². The van der Waals surface area contributed by atoms with Crippen LogP contribution in [0, 0.1) is 0 Å². The quantitative estimate of drug-likeness (QED) is 0.915. The smallest absolute Gasteiger partial charge is 0.371 e. The van der Waals surface area contributed by atoms with Gasteiger partial charge in [0.2, 0.25) is 0 Å². The van der Waals surface area contributed by atoms with E-state index >= 15 is 0 Å². The molecule has 0 unspecified atom stereocenters. The molecular weight excluding hydrogens is 267 g/mol. The van der Waals surface area contributed by atoms with Crippen molar-refractivity contribution >= 4 is 11.6 Å². The van der Waals surface area contributed by atoms with Crippen molar-refractivity contribution in [3.63, 3.8) is 0 Å². The molecule has 0 saturated carbocycles. The minimum absolute atomic E-state index is 0.0567. The molecule has 0 atom stereocenters. The van der Waals surface area contributed by atoms with Crippen molar-refractivity contribution in [2.24, 2.45) is 0 Å². The van der Waals surface area contributed by atoms with Gasteiger partial charge in [-0.25, -0.2) is 0 Å². The topological polar surface area (TPSA) is 21.3 Å². The van der Waals surface area contributed by atoms with E-state index in [0.29, 0.717) is 18.1 Å². The first-order valence-electron chi connectivity index (χ1n) is 5.53. The van der Waals surface area contributed by atoms with Crippen molar-refractivity contribution in [3.8, 4) is 0 Å². The Bertz CT molecular complexity index is 401. The summed E-state index contributed by atoms with van der Waals surface area (Å²) in [4.78, 5) is 0. The van der Waals surface area contributed by atoms with E-state index in [9.17, 15) is 13.2 Å². The molecule has 1 aliphatic rings. The Balaban J connectivity index is 2.00. The number of nitrogens with one attached hydrogen (secondary N) is 1. The highest BCUT2D eigenvalue weighted by Crippen LogP contribution is 2.30. The van der Waals surface area contributed by atoms with Crippen LogP contribution in [-0.2, 0) is 10.2 Å². The van der Waals surface area contributed by atoms with Gasteiger partial charge in [-0.2, -0.15) is 13.2 Å². The van der Waals surface area contributed by atoms with Crippen molar-refractivity contribution < 1.29 is 17.9 Å². The molecule has 1 saturated heterocycles. The Morgan fingerprint density at radius 2 is 1.83 bits per heavy atom. The Morgan fingerprint density at radius 1 is 1.22 bits per heavy atom. The fourth-order valence-corrected chi connectivity index (χ4v) is 2.11. The van der Waals surface area contributed by atoms with E-state index in [2.05, 4.69) is 5.32 Å². The Labute approximate surface area is 108 Å². The molecule has 1 aromatic carbocycles. The van der Waals surface area contributed by atoms with Crippen molar-refractivity contribution in [2.75, 3.05) is 26.3 Å². The number of hydrogen-bond donors (Lipinski definition) is 1. The van der Waals surface area contributed by atoms with Gasteiger partial charge >= 0.3 is 6.18 Å². The predicted molar refractivity (Wildman–Crippen MR) is 62.9 cm³/mol. The third-order valence-electron chi connectivity index (χ3n) is 3.03. The van der Waals surface area contributed by atoms with E-state index in [0.717, 1.165) is 5.56 Å². The SMILES string of the molecule is FC(F)(F)COCC1(c2ccc(Cl)cc2)CNC1. The van der Waals surface area contributed by atoms with Gasteiger partial charge in [-0.3, -0.25) is 0 Å². The average Bonchev–Trinajstić information content (AvgIpc) is 2.22. The first kappa shape index (κ1) is 13.6. The van der Waals surface area contributed by atoms with Crippen molar-refractivity contribution in [2.45, 2.75) is 11.6 Å². The molecule has 2 nitrogen and oxygen atoms in total. The number of hydrogen-bond acceptors (Lipinski definition) is 2. The van der Waals surface area contributed by atoms with Crippen molar-refractivity contribution in [3.05, 3.63) is 34.9 Å². The number of benzene rings is 1. The molecule has 2 rings (SSSR count). The maximum atomic E-state index is 12.1. The molecule has 0 bridgehead atoms. The fourth-order valence-electron chi connectivity index (χ4n) is 1.98. The van der Waals surface area contributed by atoms with E-state index in [-0.39, 0.29) is 12.0 Å². The number of ether oxygens (including phenoxy) is 1. The highest BCUT2D eigenvalue weighted by molar-refractivity contribution is 6.30. The molecule has 6 heteroatoms. The van der Waals surface area contributed by atoms with Gasteiger partial charge < -0.3 is 10.1 Å². The van der Waals surface area contributed by atoms with Gasteiger partial charge in [-0.1, -0.05) is 23.7 Å². The van der Waals surface area contributed by atoms with Crippen molar-refractivity contribution in [1.29, 1.82) is 0 Å². The molecular formula is C12H13ClF3NO. The van der Waals surface area contributed by atoms with Crippen LogP contribution in [0.3, 0.4) is 0 Å². The summed E-state index contributed by atoms with van der Waals surface area (Å²) in [5, 5.41) is 3.68. The first-order valence-corrected chi connectivity index (χ1v) is 5.90. The van der Waals surface area contributed by atoms with Crippen LogP contribution in [0.1, 0.15) is 5.56 Å². The Hall–Kier alpha value is -0.780. The van der Waals surface area contributed by atoms with Gasteiger partial charge in [0.25, 0.3) is 0 Å². The molecule has 1 aliphatic heterocycles. The summed E-state index contributed by atoms with van der Waals surface area (Å²) >= 11 is 5.79. The van der Waals surface area contributed by atoms with Gasteiger partial charge in [0, 0.05) is 23.5 Å². The molecule has 0 spiro atoms. The molecule has 1 N–H and O–H groups in total. The summed E-state index contributed by atoms with van der Waals surface area (Å²) in [6, 6.07) is 7.14. The van der Waals surface area contributed by atoms with E-state index in [4.69, 9.17) is 16.3 Å². The second-order valence-corrected chi connectivity index (χ2v) is 4.94. The van der Waals surface area contributed by atoms with Crippen LogP contribution in [0.15, 0.2) is 24.3 Å². The molecule has 1 heterocycles. The first-order chi connectivity index (χ1) is 8.41. The lowest BCUT2D eigenvalue weighted by molar-refractivity contribution is -0.179. The summed E-state index contributed by atoms with van der Waals surface area (Å²) in [7, 11) is 0. The summed E-state index contributed by atoms with van der Waals surface area (Å²) in [6.45, 7) is 0.0858. The molecule has 18 heavy (non-hydrogen) atoms. The molecule has 1 aromatic rings. The van der Waals surface area contributed by atoms with Gasteiger partial charge in [-0.15, -0.1) is 0 Å². The lowest BCUT2D eigenvalue weighted by Crippen LogP contribution is -2.59. The highest BCUT2D eigenvalue weighted by atomic mass is 35.5. The van der Waals surface area contributed by atoms with Crippen LogP contribution in [0.4, 0.5) is 13.2 Å². The van der Waals surface area contributed by atoms with E-state index in [1.54, 1.807) is 12.1 Å². The van der Waals surface area contributed by atoms with Crippen LogP contribution in [0.2, 0.25) is 5.02 Å². The summed E-state index contributed by atoms with van der Waals surface area (Å²) < 4.78 is 40.9. The monoisotopic (exact) mass is 279 g/mol. The number of alkyl halides is 3. The molecule has 100 valence electrons. The van der Waals surface area contributed by atoms with Crippen LogP contribution in [0.25, 0.3) is 0 Å². The van der Waals surface area contributed by atoms with Crippen LogP contribution in [-0.4, -0.2) is 32.5 Å². The third-order valence-corrected chi connectivity index (χ3v) is 3.28. The molecule has 0 radical (unpaired) electrons. The maximum absolute atomic E-state index is 12.1. The second kappa shape index (κ2) is 5.07. The predicted octanol–water partition coefficient (Wildman–Crippen LogP) is 2.76. The maximum Gasteiger partial charge on any atom is 0.411 e. The van der Waals surface area contributed by atoms with Crippen LogP contribution in [0.5, 0.6) is 0 Å². The fraction of sp³-hybridized carbons (Fsp3) is 0.500. The van der Waals surface area contributed by atoms with Gasteiger partial charge in [0.15, 0.2) is 0 Å². The second-order valence-electron chi connectivity index (χ2n) is 4.50. The van der Waals surface area contributed by atoms with Crippen LogP contribution < -0.4 is 5.32 Å². The zero-order valence-corrected chi connectivity index (χ0v) is 10.3. The van der Waals surface area contributed by atoms with E-state index in [1.165, 1.54) is 0 Å². The Morgan fingerprint density at radius 3 is 2.28 bits per heavy atom. The summed E-state index contributed by atoms with van der Waals surface area (Å²) in [6.07, 6.45) is -4.28. The van der Waals surface area contributed by atoms with E-state index in [1.807, 2.05) is 12.1 Å². The lowest BCUT2D eigenvalue weighted by Gasteiger charge is -2.43. The largest absolute Gasteiger partial charge is 0.411 e. The summed E-state index contributed by atoms with van der Waals surface area (Å²) in [5.41, 5.74) is 0.586. The average molecular weight is 280 g/mol. The minimum atomic E-state index is -4.28. The standard InChI is InChI=1S/C12H13ClF3NO/c13-10-3-1-9(2-4-10)11(5-17-6-11)7-18-8-12(14,15)16/h1-4,17H,5-8H2. The molecule has 0 amide bonds. The van der Waals surface area contributed by atoms with Gasteiger partial charge in [-0.05, 0) is 17.7 Å². The number of halogens is 4. The lowest BCUT2D eigenvalue weighted by atomic mass is 9.76. The minimum Gasteiger partial charge on any atom is -0.371 e. The zero-order valence-electron chi connectivity index (χ0n) is 9.56. The van der Waals surface area contributed by atoms with Gasteiger partial charge in [0.1, 0.15) is 6.61 Å². The highest BCUT2D eigenvalue weighted by Gasteiger charge is 2.40.